The third kappa shape index (κ3) is 6.90. The summed E-state index contributed by atoms with van der Waals surface area (Å²) < 4.78 is 32.5. The Hall–Kier alpha value is -3.75. The van der Waals surface area contributed by atoms with Crippen molar-refractivity contribution in [1.29, 1.82) is 0 Å². The first-order valence-corrected chi connectivity index (χ1v) is 9.71. The van der Waals surface area contributed by atoms with E-state index in [0.717, 1.165) is 0 Å². The van der Waals surface area contributed by atoms with E-state index in [4.69, 9.17) is 28.4 Å². The van der Waals surface area contributed by atoms with E-state index in [0.29, 0.717) is 17.1 Å². The number of benzene rings is 2. The van der Waals surface area contributed by atoms with Crippen molar-refractivity contribution in [2.24, 2.45) is 0 Å². The maximum atomic E-state index is 11.9. The Bertz CT molecular complexity index is 954. The summed E-state index contributed by atoms with van der Waals surface area (Å²) in [5.41, 5.74) is 0.472. The maximum Gasteiger partial charge on any atom is 0.308 e. The highest BCUT2D eigenvalue weighted by atomic mass is 16.6. The first-order valence-electron chi connectivity index (χ1n) is 9.71. The molecule has 0 heterocycles. The molecule has 0 radical (unpaired) electrons. The minimum atomic E-state index is -0.989. The van der Waals surface area contributed by atoms with E-state index < -0.39 is 30.1 Å². The summed E-state index contributed by atoms with van der Waals surface area (Å²) in [4.78, 5) is 34.7. The van der Waals surface area contributed by atoms with Crippen molar-refractivity contribution < 1.29 is 42.8 Å². The summed E-state index contributed by atoms with van der Waals surface area (Å²) in [5, 5.41) is 0. The van der Waals surface area contributed by atoms with Crippen molar-refractivity contribution in [1.82, 2.24) is 0 Å². The predicted molar refractivity (Wildman–Crippen MR) is 113 cm³/mol. The predicted octanol–water partition coefficient (Wildman–Crippen LogP) is 3.24. The van der Waals surface area contributed by atoms with Gasteiger partial charge in [0.15, 0.2) is 35.2 Å². The number of hydrogen-bond donors (Lipinski definition) is 0. The molecule has 9 nitrogen and oxygen atoms in total. The van der Waals surface area contributed by atoms with Crippen LogP contribution < -0.4 is 18.9 Å². The van der Waals surface area contributed by atoms with Gasteiger partial charge in [0.1, 0.15) is 6.61 Å². The number of carbonyl (C=O) groups excluding carboxylic acids is 3. The average molecular weight is 446 g/mol. The minimum Gasteiger partial charge on any atom is -0.493 e. The molecule has 9 heteroatoms. The lowest BCUT2D eigenvalue weighted by Crippen LogP contribution is -2.34. The van der Waals surface area contributed by atoms with Gasteiger partial charge in [0.25, 0.3) is 0 Å². The van der Waals surface area contributed by atoms with Crippen LogP contribution in [0.15, 0.2) is 42.5 Å². The van der Waals surface area contributed by atoms with Crippen LogP contribution in [-0.4, -0.2) is 44.8 Å². The van der Waals surface area contributed by atoms with Gasteiger partial charge in [-0.3, -0.25) is 14.4 Å². The Morgan fingerprint density at radius 1 is 0.781 bits per heavy atom. The highest BCUT2D eigenvalue weighted by Crippen LogP contribution is 2.35. The lowest BCUT2D eigenvalue weighted by molar-refractivity contribution is -0.157. The molecule has 2 rings (SSSR count). The van der Waals surface area contributed by atoms with E-state index in [1.807, 2.05) is 0 Å². The van der Waals surface area contributed by atoms with E-state index in [-0.39, 0.29) is 18.1 Å². The smallest absolute Gasteiger partial charge is 0.308 e. The summed E-state index contributed by atoms with van der Waals surface area (Å²) in [6.45, 7) is 3.58. The number of esters is 3. The second kappa shape index (κ2) is 11.6. The van der Waals surface area contributed by atoms with Crippen LogP contribution in [-0.2, 0) is 23.9 Å². The monoisotopic (exact) mass is 446 g/mol. The molecule has 2 aromatic rings. The Kier molecular flexibility index (Phi) is 8.88. The van der Waals surface area contributed by atoms with Crippen LogP contribution in [0.1, 0.15) is 32.4 Å². The number of hydrogen-bond acceptors (Lipinski definition) is 9. The standard InChI is InChI=1S/C23H26O9/c1-14(24)29-13-22(32-19-9-7-6-8-18(19)27-4)23(31-16(3)26)17-10-11-20(30-15(2)25)21(12-17)28-5/h6-12,22-23H,13H2,1-5H3/t22-,23+/m0/s1. The van der Waals surface area contributed by atoms with Crippen molar-refractivity contribution in [3.63, 3.8) is 0 Å². The van der Waals surface area contributed by atoms with Crippen molar-refractivity contribution in [3.05, 3.63) is 48.0 Å². The second-order valence-electron chi connectivity index (χ2n) is 6.64. The van der Waals surface area contributed by atoms with E-state index in [9.17, 15) is 14.4 Å². The normalized spacial score (nSPS) is 12.2. The third-order valence-electron chi connectivity index (χ3n) is 4.20. The molecule has 0 unspecified atom stereocenters. The topological polar surface area (TPSA) is 107 Å². The second-order valence-corrected chi connectivity index (χ2v) is 6.64. The number of methoxy groups -OCH3 is 2. The van der Waals surface area contributed by atoms with Crippen LogP contribution in [0.2, 0.25) is 0 Å². The first kappa shape index (κ1) is 24.5. The molecule has 0 bridgehead atoms. The maximum absolute atomic E-state index is 11.9. The lowest BCUT2D eigenvalue weighted by Gasteiger charge is -2.28. The van der Waals surface area contributed by atoms with Crippen molar-refractivity contribution >= 4 is 17.9 Å². The minimum absolute atomic E-state index is 0.201. The Labute approximate surface area is 186 Å². The average Bonchev–Trinajstić information content (AvgIpc) is 2.75. The number of carbonyl (C=O) groups is 3. The summed E-state index contributed by atoms with van der Waals surface area (Å²) in [6, 6.07) is 11.6. The van der Waals surface area contributed by atoms with E-state index in [2.05, 4.69) is 0 Å². The van der Waals surface area contributed by atoms with Crippen LogP contribution in [0, 0.1) is 0 Å². The van der Waals surface area contributed by atoms with Gasteiger partial charge in [-0.05, 0) is 24.3 Å². The lowest BCUT2D eigenvalue weighted by atomic mass is 10.0. The number of para-hydroxylation sites is 2. The molecule has 0 spiro atoms. The molecule has 0 aliphatic heterocycles. The van der Waals surface area contributed by atoms with Crippen LogP contribution in [0.25, 0.3) is 0 Å². The van der Waals surface area contributed by atoms with Gasteiger partial charge in [0, 0.05) is 26.3 Å². The molecule has 0 aliphatic rings. The third-order valence-corrected chi connectivity index (χ3v) is 4.20. The van der Waals surface area contributed by atoms with Gasteiger partial charge in [-0.25, -0.2) is 0 Å². The molecule has 2 aromatic carbocycles. The van der Waals surface area contributed by atoms with Crippen LogP contribution in [0.4, 0.5) is 0 Å². The van der Waals surface area contributed by atoms with Crippen molar-refractivity contribution in [2.45, 2.75) is 33.0 Å². The van der Waals surface area contributed by atoms with Gasteiger partial charge < -0.3 is 28.4 Å². The van der Waals surface area contributed by atoms with Gasteiger partial charge in [0.2, 0.25) is 0 Å². The molecule has 2 atom stereocenters. The van der Waals surface area contributed by atoms with Crippen LogP contribution >= 0.6 is 0 Å². The van der Waals surface area contributed by atoms with Gasteiger partial charge >= 0.3 is 17.9 Å². The fraction of sp³-hybridized carbons (Fsp3) is 0.348. The molecule has 0 saturated heterocycles. The number of ether oxygens (including phenoxy) is 6. The van der Waals surface area contributed by atoms with E-state index in [1.54, 1.807) is 36.4 Å². The molecular weight excluding hydrogens is 420 g/mol. The van der Waals surface area contributed by atoms with E-state index in [1.165, 1.54) is 41.1 Å². The van der Waals surface area contributed by atoms with Crippen LogP contribution in [0.3, 0.4) is 0 Å². The molecule has 172 valence electrons. The largest absolute Gasteiger partial charge is 0.493 e. The highest BCUT2D eigenvalue weighted by molar-refractivity contribution is 5.70. The summed E-state index contributed by atoms with van der Waals surface area (Å²) in [5.74, 6) is -0.347. The molecule has 0 aromatic heterocycles. The zero-order valence-electron chi connectivity index (χ0n) is 18.6. The highest BCUT2D eigenvalue weighted by Gasteiger charge is 2.31. The van der Waals surface area contributed by atoms with Gasteiger partial charge in [-0.1, -0.05) is 18.2 Å². The van der Waals surface area contributed by atoms with Gasteiger partial charge in [-0.15, -0.1) is 0 Å². The Balaban J connectivity index is 2.49. The fourth-order valence-electron chi connectivity index (χ4n) is 2.90. The molecule has 0 N–H and O–H groups in total. The molecular formula is C23H26O9. The molecule has 0 fully saturated rings. The van der Waals surface area contributed by atoms with E-state index >= 15 is 0 Å². The van der Waals surface area contributed by atoms with Crippen LogP contribution in [0.5, 0.6) is 23.0 Å². The summed E-state index contributed by atoms with van der Waals surface area (Å²) in [6.07, 6.45) is -1.92. The zero-order chi connectivity index (χ0) is 23.7. The quantitative estimate of drug-likeness (QED) is 0.401. The molecule has 32 heavy (non-hydrogen) atoms. The fourth-order valence-corrected chi connectivity index (χ4v) is 2.90. The van der Waals surface area contributed by atoms with Crippen molar-refractivity contribution in [3.8, 4) is 23.0 Å². The summed E-state index contributed by atoms with van der Waals surface area (Å²) >= 11 is 0. The Morgan fingerprint density at radius 2 is 1.44 bits per heavy atom. The molecule has 0 amide bonds. The van der Waals surface area contributed by atoms with Crippen molar-refractivity contribution in [2.75, 3.05) is 20.8 Å². The van der Waals surface area contributed by atoms with Gasteiger partial charge in [0.05, 0.1) is 14.2 Å². The molecule has 0 aliphatic carbocycles. The SMILES string of the molecule is COc1cc([C@@H](OC(C)=O)[C@H](COC(C)=O)Oc2ccccc2OC)ccc1OC(C)=O. The first-order chi connectivity index (χ1) is 15.2. The molecule has 0 saturated carbocycles. The van der Waals surface area contributed by atoms with Gasteiger partial charge in [-0.2, -0.15) is 0 Å². The summed E-state index contributed by atoms with van der Waals surface area (Å²) in [7, 11) is 2.90. The zero-order valence-corrected chi connectivity index (χ0v) is 18.6. The number of rotatable bonds is 10. The Morgan fingerprint density at radius 3 is 2.00 bits per heavy atom.